The predicted octanol–water partition coefficient (Wildman–Crippen LogP) is 1.55. The Kier molecular flexibility index (Phi) is 4.25. The monoisotopic (exact) mass is 416 g/mol. The van der Waals surface area contributed by atoms with Crippen molar-refractivity contribution in [2.75, 3.05) is 0 Å². The molecule has 2 saturated heterocycles. The lowest BCUT2D eigenvalue weighted by molar-refractivity contribution is -0.161. The summed E-state index contributed by atoms with van der Waals surface area (Å²) < 4.78 is 17.4. The van der Waals surface area contributed by atoms with Crippen LogP contribution in [0, 0.1) is 17.8 Å². The number of hydrogen-bond donors (Lipinski definition) is 2. The maximum atomic E-state index is 12.5. The lowest BCUT2D eigenvalue weighted by Crippen LogP contribution is -2.66. The average molecular weight is 417 g/mol. The van der Waals surface area contributed by atoms with Gasteiger partial charge in [-0.3, -0.25) is 9.59 Å². The summed E-state index contributed by atoms with van der Waals surface area (Å²) in [4.78, 5) is 23.5. The van der Waals surface area contributed by atoms with Crippen LogP contribution >= 0.6 is 11.6 Å². The van der Waals surface area contributed by atoms with E-state index in [9.17, 15) is 19.8 Å². The zero-order chi connectivity index (χ0) is 20.9. The van der Waals surface area contributed by atoms with E-state index in [2.05, 4.69) is 0 Å². The van der Waals surface area contributed by atoms with Gasteiger partial charge in [-0.25, -0.2) is 0 Å². The molecule has 2 N–H and O–H groups in total. The summed E-state index contributed by atoms with van der Waals surface area (Å²) in [5, 5.41) is 22.7. The second-order valence-electron chi connectivity index (χ2n) is 9.52. The topological polar surface area (TPSA) is 106 Å². The van der Waals surface area contributed by atoms with Crippen molar-refractivity contribution in [1.29, 1.82) is 0 Å². The molecule has 0 radical (unpaired) electrons. The minimum Gasteiger partial charge on any atom is -0.462 e. The standard InChI is InChI=1S/C20H29ClO7/c1-6-9(2)15(22)26-11-7-18(5,25)20-12(28-20)8-17(4,24)19(20,21)14-13(11)10(3)16(23)27-14/h9-14,24-25H,6-8H2,1-5H3. The van der Waals surface area contributed by atoms with Gasteiger partial charge in [-0.2, -0.15) is 0 Å². The van der Waals surface area contributed by atoms with E-state index in [4.69, 9.17) is 25.8 Å². The van der Waals surface area contributed by atoms with Crippen LogP contribution in [-0.2, 0) is 23.8 Å². The van der Waals surface area contributed by atoms with E-state index < -0.39 is 57.8 Å². The number of carbonyl (C=O) groups excluding carboxylic acids is 2. The minimum absolute atomic E-state index is 0.0539. The minimum atomic E-state index is -1.54. The van der Waals surface area contributed by atoms with Crippen molar-refractivity contribution < 1.29 is 34.0 Å². The van der Waals surface area contributed by atoms with Gasteiger partial charge in [0, 0.05) is 18.8 Å². The van der Waals surface area contributed by atoms with Crippen LogP contribution in [0.5, 0.6) is 0 Å². The molecule has 2 heterocycles. The Bertz CT molecular complexity index is 721. The predicted molar refractivity (Wildman–Crippen MR) is 98.5 cm³/mol. The fraction of sp³-hybridized carbons (Fsp3) is 0.900. The van der Waals surface area contributed by atoms with Crippen molar-refractivity contribution in [3.8, 4) is 0 Å². The number of epoxide rings is 1. The summed E-state index contributed by atoms with van der Waals surface area (Å²) in [6.07, 6.45) is -1.27. The van der Waals surface area contributed by atoms with Gasteiger partial charge in [-0.05, 0) is 20.3 Å². The van der Waals surface area contributed by atoms with Crippen molar-refractivity contribution in [1.82, 2.24) is 0 Å². The number of rotatable bonds is 3. The molecule has 4 fully saturated rings. The number of aliphatic hydroxyl groups is 2. The van der Waals surface area contributed by atoms with Gasteiger partial charge in [0.05, 0.1) is 29.1 Å². The summed E-state index contributed by atoms with van der Waals surface area (Å²) in [5.74, 6) is -2.32. The Labute approximate surface area is 169 Å². The quantitative estimate of drug-likeness (QED) is 0.408. The SMILES string of the molecule is CCC(C)C(=O)OC1CC(C)(O)C23OC2CC(C)(O)C3(Cl)C2OC(=O)C(C)C12. The van der Waals surface area contributed by atoms with E-state index in [1.807, 2.05) is 6.92 Å². The summed E-state index contributed by atoms with van der Waals surface area (Å²) in [5.41, 5.74) is -4.17. The van der Waals surface area contributed by atoms with Crippen molar-refractivity contribution in [2.24, 2.45) is 17.8 Å². The fourth-order valence-corrected chi connectivity index (χ4v) is 6.45. The number of hydrogen-bond acceptors (Lipinski definition) is 7. The number of fused-ring (bicyclic) bond motifs is 2. The molecule has 10 atom stereocenters. The highest BCUT2D eigenvalue weighted by Crippen LogP contribution is 2.72. The lowest BCUT2D eigenvalue weighted by atomic mass is 9.71. The molecule has 7 nitrogen and oxygen atoms in total. The molecule has 1 spiro atoms. The number of halogens is 1. The third kappa shape index (κ3) is 2.22. The van der Waals surface area contributed by atoms with Crippen LogP contribution in [0.25, 0.3) is 0 Å². The molecule has 2 aliphatic heterocycles. The van der Waals surface area contributed by atoms with E-state index >= 15 is 0 Å². The van der Waals surface area contributed by atoms with Crippen LogP contribution < -0.4 is 0 Å². The Morgan fingerprint density at radius 3 is 2.57 bits per heavy atom. The molecular formula is C20H29ClO7. The molecule has 0 bridgehead atoms. The van der Waals surface area contributed by atoms with Crippen molar-refractivity contribution in [3.63, 3.8) is 0 Å². The zero-order valence-corrected chi connectivity index (χ0v) is 17.7. The molecule has 10 unspecified atom stereocenters. The first-order valence-electron chi connectivity index (χ1n) is 10.1. The second-order valence-corrected chi connectivity index (χ2v) is 10.1. The van der Waals surface area contributed by atoms with Gasteiger partial charge >= 0.3 is 11.9 Å². The maximum Gasteiger partial charge on any atom is 0.309 e. The number of esters is 2. The Morgan fingerprint density at radius 2 is 1.96 bits per heavy atom. The first-order valence-corrected chi connectivity index (χ1v) is 10.4. The van der Waals surface area contributed by atoms with E-state index in [1.165, 1.54) is 0 Å². The first kappa shape index (κ1) is 20.4. The molecular weight excluding hydrogens is 388 g/mol. The third-order valence-electron chi connectivity index (χ3n) is 7.68. The summed E-state index contributed by atoms with van der Waals surface area (Å²) >= 11 is 7.11. The molecule has 0 aromatic carbocycles. The van der Waals surface area contributed by atoms with Gasteiger partial charge in [0.2, 0.25) is 0 Å². The molecule has 8 heteroatoms. The third-order valence-corrected chi connectivity index (χ3v) is 8.58. The van der Waals surface area contributed by atoms with Crippen LogP contribution in [0.4, 0.5) is 0 Å². The van der Waals surface area contributed by atoms with Crippen LogP contribution in [-0.4, -0.2) is 62.1 Å². The highest BCUT2D eigenvalue weighted by molar-refractivity contribution is 6.27. The van der Waals surface area contributed by atoms with Crippen LogP contribution in [0.2, 0.25) is 0 Å². The molecule has 28 heavy (non-hydrogen) atoms. The molecule has 0 aromatic heterocycles. The Hall–Kier alpha value is -0.890. The molecule has 2 aliphatic carbocycles. The number of ether oxygens (including phenoxy) is 3. The first-order chi connectivity index (χ1) is 12.8. The van der Waals surface area contributed by atoms with Crippen LogP contribution in [0.3, 0.4) is 0 Å². The molecule has 4 rings (SSSR count). The van der Waals surface area contributed by atoms with Crippen LogP contribution in [0.15, 0.2) is 0 Å². The summed E-state index contributed by atoms with van der Waals surface area (Å²) in [6, 6.07) is 0. The van der Waals surface area contributed by atoms with Gasteiger partial charge < -0.3 is 24.4 Å². The fourth-order valence-electron chi connectivity index (χ4n) is 5.81. The average Bonchev–Trinajstić information content (AvgIpc) is 3.20. The highest BCUT2D eigenvalue weighted by atomic mass is 35.5. The van der Waals surface area contributed by atoms with E-state index in [0.29, 0.717) is 6.42 Å². The van der Waals surface area contributed by atoms with Gasteiger partial charge in [-0.15, -0.1) is 11.6 Å². The lowest BCUT2D eigenvalue weighted by Gasteiger charge is -2.46. The van der Waals surface area contributed by atoms with Gasteiger partial charge in [0.1, 0.15) is 22.7 Å². The Morgan fingerprint density at radius 1 is 1.32 bits per heavy atom. The maximum absolute atomic E-state index is 12.5. The van der Waals surface area contributed by atoms with Crippen molar-refractivity contribution in [2.45, 2.75) is 93.9 Å². The molecule has 0 amide bonds. The van der Waals surface area contributed by atoms with Gasteiger partial charge in [-0.1, -0.05) is 20.8 Å². The van der Waals surface area contributed by atoms with Gasteiger partial charge in [0.15, 0.2) is 0 Å². The molecule has 0 aromatic rings. The molecule has 2 saturated carbocycles. The van der Waals surface area contributed by atoms with E-state index in [-0.39, 0.29) is 24.7 Å². The van der Waals surface area contributed by atoms with Crippen molar-refractivity contribution >= 4 is 23.5 Å². The van der Waals surface area contributed by atoms with E-state index in [0.717, 1.165) is 0 Å². The number of alkyl halides is 1. The second kappa shape index (κ2) is 5.84. The van der Waals surface area contributed by atoms with Gasteiger partial charge in [0.25, 0.3) is 0 Å². The van der Waals surface area contributed by atoms with Crippen LogP contribution in [0.1, 0.15) is 53.9 Å². The molecule has 158 valence electrons. The summed E-state index contributed by atoms with van der Waals surface area (Å²) in [7, 11) is 0. The van der Waals surface area contributed by atoms with Crippen molar-refractivity contribution in [3.05, 3.63) is 0 Å². The Balaban J connectivity index is 1.81. The van der Waals surface area contributed by atoms with E-state index in [1.54, 1.807) is 27.7 Å². The molecule has 4 aliphatic rings. The summed E-state index contributed by atoms with van der Waals surface area (Å²) in [6.45, 7) is 8.56. The number of carbonyl (C=O) groups is 2. The largest absolute Gasteiger partial charge is 0.462 e. The normalized spacial score (nSPS) is 55.4. The highest BCUT2D eigenvalue weighted by Gasteiger charge is 2.90. The zero-order valence-electron chi connectivity index (χ0n) is 16.9. The smallest absolute Gasteiger partial charge is 0.309 e.